The van der Waals surface area contributed by atoms with E-state index >= 15 is 0 Å². The number of hydrogen-bond donors (Lipinski definition) is 2. The molecule has 0 fully saturated rings. The van der Waals surface area contributed by atoms with Crippen LogP contribution in [0.3, 0.4) is 0 Å². The third-order valence-corrected chi connectivity index (χ3v) is 0. The predicted molar refractivity (Wildman–Crippen MR) is 17.8 cm³/mol. The Morgan fingerprint density at radius 1 is 1.40 bits per heavy atom. The minimum atomic E-state index is -2.87. The van der Waals surface area contributed by atoms with Crippen LogP contribution in [0.4, 0.5) is 0 Å². The molecule has 0 amide bonds. The molecule has 3 radical (unpaired) electrons. The molecule has 0 heterocycles. The first kappa shape index (κ1) is 8.92. The summed E-state index contributed by atoms with van der Waals surface area (Å²) in [7, 11) is -2.87. The molecule has 27 valence electrons. The molecule has 0 saturated carbocycles. The molecule has 0 aliphatic rings. The van der Waals surface area contributed by atoms with Gasteiger partial charge in [0.25, 0.3) is 0 Å². The SMILES string of the molecule is O=[P+](O)O.[B]. The van der Waals surface area contributed by atoms with Gasteiger partial charge in [-0.15, -0.1) is 9.79 Å². The van der Waals surface area contributed by atoms with Crippen LogP contribution in [0.2, 0.25) is 0 Å². The van der Waals surface area contributed by atoms with Gasteiger partial charge in [-0.25, -0.2) is 0 Å². The normalized spacial score (nSPS) is 5.20. The molecule has 0 spiro atoms. The van der Waals surface area contributed by atoms with Crippen LogP contribution in [-0.4, -0.2) is 18.2 Å². The van der Waals surface area contributed by atoms with Gasteiger partial charge in [0.15, 0.2) is 0 Å². The van der Waals surface area contributed by atoms with E-state index in [-0.39, 0.29) is 8.41 Å². The molecular weight excluding hydrogens is 89.8 g/mol. The second-order valence-corrected chi connectivity index (χ2v) is 0.758. The van der Waals surface area contributed by atoms with Gasteiger partial charge in [0.1, 0.15) is 0 Å². The van der Waals surface area contributed by atoms with Gasteiger partial charge < -0.3 is 0 Å². The van der Waals surface area contributed by atoms with E-state index in [1.165, 1.54) is 0 Å². The third kappa shape index (κ3) is 2460. The Labute approximate surface area is 32.2 Å². The first-order valence-electron chi connectivity index (χ1n) is 0.583. The summed E-state index contributed by atoms with van der Waals surface area (Å²) in [5.74, 6) is 0. The molecule has 5 heteroatoms. The van der Waals surface area contributed by atoms with Crippen molar-refractivity contribution in [2.45, 2.75) is 0 Å². The molecule has 0 saturated heterocycles. The van der Waals surface area contributed by atoms with E-state index in [0.717, 1.165) is 0 Å². The molecule has 0 aromatic heterocycles. The zero-order valence-electron chi connectivity index (χ0n) is 2.33. The Balaban J connectivity index is 0. The van der Waals surface area contributed by atoms with Gasteiger partial charge in [-0.3, -0.25) is 0 Å². The zero-order chi connectivity index (χ0) is 3.58. The highest BCUT2D eigenvalue weighted by Crippen LogP contribution is 1.98. The average Bonchev–Trinajstić information content (AvgIpc) is 0.811. The highest BCUT2D eigenvalue weighted by molar-refractivity contribution is 7.30. The lowest BCUT2D eigenvalue weighted by molar-refractivity contribution is 0.405. The van der Waals surface area contributed by atoms with Gasteiger partial charge >= 0.3 is 8.25 Å². The van der Waals surface area contributed by atoms with Crippen molar-refractivity contribution in [2.24, 2.45) is 0 Å². The smallest absolute Gasteiger partial charge is 0.134 e. The molecule has 0 rings (SSSR count). The maximum atomic E-state index is 8.70. The lowest BCUT2D eigenvalue weighted by Crippen LogP contribution is -1.38. The quantitative estimate of drug-likeness (QED) is 0.305. The molecule has 3 nitrogen and oxygen atoms in total. The van der Waals surface area contributed by atoms with Crippen molar-refractivity contribution in [3.63, 3.8) is 0 Å². The minimum Gasteiger partial charge on any atom is -0.134 e. The van der Waals surface area contributed by atoms with Crippen LogP contribution in [-0.2, 0) is 4.57 Å². The lowest BCUT2D eigenvalue weighted by atomic mass is 10.8. The van der Waals surface area contributed by atoms with Crippen LogP contribution in [0, 0.1) is 0 Å². The van der Waals surface area contributed by atoms with Gasteiger partial charge in [0.05, 0.1) is 0 Å². The minimum absolute atomic E-state index is 0. The Morgan fingerprint density at radius 3 is 1.40 bits per heavy atom. The van der Waals surface area contributed by atoms with Crippen molar-refractivity contribution in [1.29, 1.82) is 0 Å². The highest BCUT2D eigenvalue weighted by atomic mass is 31.1. The number of rotatable bonds is 0. The van der Waals surface area contributed by atoms with Crippen molar-refractivity contribution in [3.05, 3.63) is 0 Å². The summed E-state index contributed by atoms with van der Waals surface area (Å²) < 4.78 is 8.70. The molecule has 0 bridgehead atoms. The first-order valence-corrected chi connectivity index (χ1v) is 1.75. The Morgan fingerprint density at radius 2 is 1.40 bits per heavy atom. The third-order valence-electron chi connectivity index (χ3n) is 0. The Hall–Kier alpha value is 0.0849. The molecular formula is H2BO3P+. The van der Waals surface area contributed by atoms with E-state index < -0.39 is 8.25 Å². The van der Waals surface area contributed by atoms with E-state index in [2.05, 4.69) is 0 Å². The van der Waals surface area contributed by atoms with Crippen LogP contribution in [0.1, 0.15) is 0 Å². The Kier molecular flexibility index (Phi) is 7.28. The summed E-state index contributed by atoms with van der Waals surface area (Å²) in [6, 6.07) is 0. The van der Waals surface area contributed by atoms with Crippen molar-refractivity contribution in [1.82, 2.24) is 0 Å². The summed E-state index contributed by atoms with van der Waals surface area (Å²) in [6.07, 6.45) is 0. The van der Waals surface area contributed by atoms with E-state index in [0.29, 0.717) is 0 Å². The first-order chi connectivity index (χ1) is 1.73. The standard InChI is InChI=1S/B.HO3P/c;1-4(2)3/h;(H-,1,2,3)/p+1. The van der Waals surface area contributed by atoms with Gasteiger partial charge in [0, 0.05) is 13.0 Å². The van der Waals surface area contributed by atoms with Crippen molar-refractivity contribution in [3.8, 4) is 0 Å². The van der Waals surface area contributed by atoms with E-state index in [4.69, 9.17) is 14.4 Å². The largest absolute Gasteiger partial charge is 0.692 e. The van der Waals surface area contributed by atoms with Crippen LogP contribution in [0.25, 0.3) is 0 Å². The fourth-order valence-corrected chi connectivity index (χ4v) is 0. The topological polar surface area (TPSA) is 57.5 Å². The van der Waals surface area contributed by atoms with Crippen LogP contribution in [0.15, 0.2) is 0 Å². The van der Waals surface area contributed by atoms with Gasteiger partial charge in [-0.2, -0.15) is 0 Å². The summed E-state index contributed by atoms with van der Waals surface area (Å²) in [5, 5.41) is 0. The average molecular weight is 91.8 g/mol. The van der Waals surface area contributed by atoms with Crippen LogP contribution in [0.5, 0.6) is 0 Å². The highest BCUT2D eigenvalue weighted by Gasteiger charge is 1.93. The molecule has 2 N–H and O–H groups in total. The zero-order valence-corrected chi connectivity index (χ0v) is 3.22. The molecule has 0 aromatic carbocycles. The molecule has 0 aliphatic heterocycles. The van der Waals surface area contributed by atoms with E-state index in [1.807, 2.05) is 0 Å². The maximum absolute atomic E-state index is 8.70. The maximum Gasteiger partial charge on any atom is 0.692 e. The summed E-state index contributed by atoms with van der Waals surface area (Å²) in [5.41, 5.74) is 0. The fourth-order valence-electron chi connectivity index (χ4n) is 0. The summed E-state index contributed by atoms with van der Waals surface area (Å²) >= 11 is 0. The summed E-state index contributed by atoms with van der Waals surface area (Å²) in [6.45, 7) is 0. The lowest BCUT2D eigenvalue weighted by Gasteiger charge is -1.34. The molecule has 0 atom stereocenters. The van der Waals surface area contributed by atoms with E-state index in [9.17, 15) is 0 Å². The summed E-state index contributed by atoms with van der Waals surface area (Å²) in [4.78, 5) is 14.2. The Bertz CT molecular complexity index is 29.9. The van der Waals surface area contributed by atoms with Crippen molar-refractivity contribution >= 4 is 16.7 Å². The molecule has 0 unspecified atom stereocenters. The second kappa shape index (κ2) is 4.08. The van der Waals surface area contributed by atoms with Gasteiger partial charge in [0.2, 0.25) is 0 Å². The number of hydrogen-bond acceptors (Lipinski definition) is 1. The predicted octanol–water partition coefficient (Wildman–Crippen LogP) is -0.752. The van der Waals surface area contributed by atoms with Crippen LogP contribution < -0.4 is 0 Å². The van der Waals surface area contributed by atoms with Gasteiger partial charge in [-0.05, 0) is 0 Å². The monoisotopic (exact) mass is 92.0 g/mol. The van der Waals surface area contributed by atoms with Crippen molar-refractivity contribution in [2.75, 3.05) is 0 Å². The molecule has 5 heavy (non-hydrogen) atoms. The second-order valence-electron chi connectivity index (χ2n) is 0.253. The van der Waals surface area contributed by atoms with Gasteiger partial charge in [-0.1, -0.05) is 0 Å². The molecule has 0 aliphatic carbocycles. The van der Waals surface area contributed by atoms with E-state index in [1.54, 1.807) is 0 Å². The van der Waals surface area contributed by atoms with Crippen LogP contribution >= 0.6 is 8.25 Å². The fraction of sp³-hybridized carbons (Fsp3) is 0. The van der Waals surface area contributed by atoms with Crippen molar-refractivity contribution < 1.29 is 14.4 Å². The molecule has 0 aromatic rings.